The van der Waals surface area contributed by atoms with Crippen LogP contribution in [0.2, 0.25) is 0 Å². The highest BCUT2D eigenvalue weighted by Gasteiger charge is 2.17. The quantitative estimate of drug-likeness (QED) is 0.761. The van der Waals surface area contributed by atoms with Gasteiger partial charge in [-0.2, -0.15) is 0 Å². The fraction of sp³-hybridized carbons (Fsp3) is 0.267. The number of hydrogen-bond donors (Lipinski definition) is 0. The van der Waals surface area contributed by atoms with Gasteiger partial charge in [0, 0.05) is 5.56 Å². The van der Waals surface area contributed by atoms with Gasteiger partial charge < -0.3 is 4.74 Å². The number of carbonyl (C=O) groups excluding carboxylic acids is 1. The first-order valence-corrected chi connectivity index (χ1v) is 7.82. The van der Waals surface area contributed by atoms with Crippen LogP contribution in [0.5, 0.6) is 5.75 Å². The maximum Gasteiger partial charge on any atom is 0.203 e. The second-order valence-corrected chi connectivity index (χ2v) is 7.04. The number of thiophene rings is 1. The molecule has 19 heavy (non-hydrogen) atoms. The molecule has 0 saturated heterocycles. The third-order valence-corrected chi connectivity index (χ3v) is 5.39. The number of hydrogen-bond acceptors (Lipinski definition) is 3. The van der Waals surface area contributed by atoms with Crippen molar-refractivity contribution in [3.63, 3.8) is 0 Å². The predicted molar refractivity (Wildman–Crippen MR) is 80.4 cm³/mol. The minimum Gasteiger partial charge on any atom is -0.493 e. The molecule has 1 aliphatic rings. The largest absolute Gasteiger partial charge is 0.493 e. The average molecular weight is 337 g/mol. The Morgan fingerprint density at radius 1 is 1.37 bits per heavy atom. The minimum absolute atomic E-state index is 0.0900. The summed E-state index contributed by atoms with van der Waals surface area (Å²) in [5.41, 5.74) is 3.00. The molecule has 0 bridgehead atoms. The van der Waals surface area contributed by atoms with Crippen LogP contribution in [0.25, 0.3) is 0 Å². The first-order valence-electron chi connectivity index (χ1n) is 6.21. The summed E-state index contributed by atoms with van der Waals surface area (Å²) in [6.07, 6.45) is 2.01. The second-order valence-electron chi connectivity index (χ2n) is 4.67. The normalized spacial score (nSPS) is 13.8. The van der Waals surface area contributed by atoms with E-state index in [0.29, 0.717) is 0 Å². The zero-order chi connectivity index (χ0) is 13.4. The Balaban J connectivity index is 1.95. The molecule has 0 atom stereocenters. The fourth-order valence-corrected chi connectivity index (χ4v) is 3.71. The highest BCUT2D eigenvalue weighted by atomic mass is 79.9. The maximum absolute atomic E-state index is 12.4. The third-order valence-electron chi connectivity index (χ3n) is 3.25. The summed E-state index contributed by atoms with van der Waals surface area (Å²) in [5.74, 6) is 1.01. The van der Waals surface area contributed by atoms with Crippen molar-refractivity contribution < 1.29 is 9.53 Å². The van der Waals surface area contributed by atoms with E-state index in [4.69, 9.17) is 4.74 Å². The van der Waals surface area contributed by atoms with Gasteiger partial charge in [-0.3, -0.25) is 4.79 Å². The highest BCUT2D eigenvalue weighted by Crippen LogP contribution is 2.31. The van der Waals surface area contributed by atoms with Crippen molar-refractivity contribution in [2.24, 2.45) is 0 Å². The molecule has 0 spiro atoms. The van der Waals surface area contributed by atoms with Gasteiger partial charge in [-0.05, 0) is 71.1 Å². The van der Waals surface area contributed by atoms with Gasteiger partial charge in [0.05, 0.1) is 15.3 Å². The van der Waals surface area contributed by atoms with Gasteiger partial charge in [0.2, 0.25) is 5.78 Å². The Morgan fingerprint density at radius 3 is 2.95 bits per heavy atom. The molecule has 4 heteroatoms. The number of fused-ring (bicyclic) bond motifs is 1. The van der Waals surface area contributed by atoms with Crippen LogP contribution in [0.15, 0.2) is 28.1 Å². The van der Waals surface area contributed by atoms with Gasteiger partial charge in [-0.15, -0.1) is 11.3 Å². The smallest absolute Gasteiger partial charge is 0.203 e. The number of ether oxygens (including phenoxy) is 1. The Bertz CT molecular complexity index is 626. The van der Waals surface area contributed by atoms with Crippen LogP contribution >= 0.6 is 27.3 Å². The topological polar surface area (TPSA) is 26.3 Å². The predicted octanol–water partition coefficient (Wildman–Crippen LogP) is 4.38. The van der Waals surface area contributed by atoms with E-state index in [0.717, 1.165) is 50.6 Å². The summed E-state index contributed by atoms with van der Waals surface area (Å²) in [7, 11) is 0. The first-order chi connectivity index (χ1) is 9.15. The summed E-state index contributed by atoms with van der Waals surface area (Å²) < 4.78 is 6.60. The van der Waals surface area contributed by atoms with E-state index in [1.807, 2.05) is 31.2 Å². The summed E-state index contributed by atoms with van der Waals surface area (Å²) in [5, 5.41) is 0. The molecule has 1 aromatic heterocycles. The van der Waals surface area contributed by atoms with Crippen molar-refractivity contribution in [2.45, 2.75) is 19.8 Å². The van der Waals surface area contributed by atoms with E-state index in [2.05, 4.69) is 15.9 Å². The summed E-state index contributed by atoms with van der Waals surface area (Å²) >= 11 is 4.95. The van der Waals surface area contributed by atoms with Crippen molar-refractivity contribution in [2.75, 3.05) is 6.61 Å². The molecule has 2 nitrogen and oxygen atoms in total. The van der Waals surface area contributed by atoms with Crippen LogP contribution in [0, 0.1) is 6.92 Å². The van der Waals surface area contributed by atoms with Crippen LogP contribution in [-0.4, -0.2) is 12.4 Å². The van der Waals surface area contributed by atoms with Gasteiger partial charge in [0.15, 0.2) is 0 Å². The number of benzene rings is 1. The Labute approximate surface area is 124 Å². The first kappa shape index (κ1) is 12.9. The molecule has 98 valence electrons. The lowest BCUT2D eigenvalue weighted by Crippen LogP contribution is -2.09. The Hall–Kier alpha value is -1.13. The maximum atomic E-state index is 12.4. The number of ketones is 1. The van der Waals surface area contributed by atoms with E-state index in [9.17, 15) is 4.79 Å². The van der Waals surface area contributed by atoms with E-state index < -0.39 is 0 Å². The molecule has 0 radical (unpaired) electrons. The summed E-state index contributed by atoms with van der Waals surface area (Å²) in [6, 6.07) is 7.68. The van der Waals surface area contributed by atoms with Crippen molar-refractivity contribution in [1.29, 1.82) is 0 Å². The molecular formula is C15H13BrO2S. The molecule has 2 heterocycles. The van der Waals surface area contributed by atoms with Crippen LogP contribution in [0.3, 0.4) is 0 Å². The van der Waals surface area contributed by atoms with Crippen LogP contribution in [0.1, 0.15) is 32.8 Å². The van der Waals surface area contributed by atoms with E-state index in [-0.39, 0.29) is 5.78 Å². The number of rotatable bonds is 2. The molecule has 0 fully saturated rings. The number of carbonyl (C=O) groups is 1. The van der Waals surface area contributed by atoms with Crippen LogP contribution in [0.4, 0.5) is 0 Å². The zero-order valence-electron chi connectivity index (χ0n) is 10.5. The fourth-order valence-electron chi connectivity index (χ4n) is 2.22. The molecule has 0 aliphatic carbocycles. The lowest BCUT2D eigenvalue weighted by Gasteiger charge is -2.17. The van der Waals surface area contributed by atoms with Crippen molar-refractivity contribution in [1.82, 2.24) is 0 Å². The molecule has 2 aromatic rings. The molecule has 0 amide bonds. The molecule has 1 aromatic carbocycles. The molecule has 3 rings (SSSR count). The number of halogens is 1. The van der Waals surface area contributed by atoms with E-state index in [1.54, 1.807) is 0 Å². The molecule has 0 unspecified atom stereocenters. The standard InChI is InChI=1S/C15H13BrO2S/c1-9-7-13(19-15(9)16)14(17)11-4-5-12-10(8-11)3-2-6-18-12/h4-5,7-8H,2-3,6H2,1H3. The molecule has 0 N–H and O–H groups in total. The zero-order valence-corrected chi connectivity index (χ0v) is 12.9. The van der Waals surface area contributed by atoms with Crippen LogP contribution < -0.4 is 4.74 Å². The van der Waals surface area contributed by atoms with E-state index >= 15 is 0 Å². The van der Waals surface area contributed by atoms with Gasteiger partial charge in [-0.25, -0.2) is 0 Å². The Kier molecular flexibility index (Phi) is 3.46. The van der Waals surface area contributed by atoms with E-state index in [1.165, 1.54) is 11.3 Å². The summed E-state index contributed by atoms with van der Waals surface area (Å²) in [6.45, 7) is 2.77. The SMILES string of the molecule is Cc1cc(C(=O)c2ccc3c(c2)CCCO3)sc1Br. The lowest BCUT2D eigenvalue weighted by molar-refractivity contribution is 0.104. The van der Waals surface area contributed by atoms with Crippen molar-refractivity contribution in [3.05, 3.63) is 49.6 Å². The Morgan fingerprint density at radius 2 is 2.21 bits per heavy atom. The van der Waals surface area contributed by atoms with Crippen molar-refractivity contribution in [3.8, 4) is 5.75 Å². The minimum atomic E-state index is 0.0900. The van der Waals surface area contributed by atoms with Crippen LogP contribution in [-0.2, 0) is 6.42 Å². The average Bonchev–Trinajstić information content (AvgIpc) is 2.77. The lowest BCUT2D eigenvalue weighted by atomic mass is 10.0. The monoisotopic (exact) mass is 336 g/mol. The molecule has 1 aliphatic heterocycles. The highest BCUT2D eigenvalue weighted by molar-refractivity contribution is 9.11. The van der Waals surface area contributed by atoms with Crippen molar-refractivity contribution >= 4 is 33.0 Å². The second kappa shape index (κ2) is 5.10. The number of aryl methyl sites for hydroxylation is 2. The van der Waals surface area contributed by atoms with Gasteiger partial charge >= 0.3 is 0 Å². The van der Waals surface area contributed by atoms with Gasteiger partial charge in [0.1, 0.15) is 5.75 Å². The van der Waals surface area contributed by atoms with Gasteiger partial charge in [-0.1, -0.05) is 0 Å². The third kappa shape index (κ3) is 2.47. The molecular weight excluding hydrogens is 324 g/mol. The summed E-state index contributed by atoms with van der Waals surface area (Å²) in [4.78, 5) is 13.2. The molecule has 0 saturated carbocycles. The van der Waals surface area contributed by atoms with Gasteiger partial charge in [0.25, 0.3) is 0 Å².